The van der Waals surface area contributed by atoms with Gasteiger partial charge in [-0.25, -0.2) is 13.1 Å². The molecule has 20 heavy (non-hydrogen) atoms. The van der Waals surface area contributed by atoms with Gasteiger partial charge in [0, 0.05) is 11.8 Å². The predicted octanol–water partition coefficient (Wildman–Crippen LogP) is 2.04. The van der Waals surface area contributed by atoms with Crippen LogP contribution in [0.2, 0.25) is 0 Å². The summed E-state index contributed by atoms with van der Waals surface area (Å²) in [5.41, 5.74) is 8.08. The molecule has 108 valence electrons. The van der Waals surface area contributed by atoms with Crippen LogP contribution in [0.5, 0.6) is 0 Å². The standard InChI is InChI=1S/C14H19N3O2S/c1-10-12(14(2,3)20(4,18)19)16-17(13(10)15)11-8-6-5-7-9-11/h5-9H,15H2,1-4H3. The second-order valence-corrected chi connectivity index (χ2v) is 7.95. The fourth-order valence-electron chi connectivity index (χ4n) is 2.02. The first-order valence-corrected chi connectivity index (χ1v) is 8.16. The summed E-state index contributed by atoms with van der Waals surface area (Å²) in [4.78, 5) is 0. The van der Waals surface area contributed by atoms with Crippen LogP contribution in [0.3, 0.4) is 0 Å². The summed E-state index contributed by atoms with van der Waals surface area (Å²) in [6.07, 6.45) is 1.21. The number of para-hydroxylation sites is 1. The van der Waals surface area contributed by atoms with Gasteiger partial charge >= 0.3 is 0 Å². The highest BCUT2D eigenvalue weighted by Crippen LogP contribution is 2.33. The molecule has 0 radical (unpaired) electrons. The minimum atomic E-state index is -3.29. The Balaban J connectivity index is 2.66. The van der Waals surface area contributed by atoms with E-state index in [0.717, 1.165) is 5.69 Å². The normalized spacial score (nSPS) is 12.6. The minimum absolute atomic E-state index is 0.461. The lowest BCUT2D eigenvalue weighted by Crippen LogP contribution is -2.29. The van der Waals surface area contributed by atoms with Crippen molar-refractivity contribution >= 4 is 15.7 Å². The van der Waals surface area contributed by atoms with Crippen LogP contribution in [0.4, 0.5) is 5.82 Å². The molecule has 0 saturated carbocycles. The van der Waals surface area contributed by atoms with Crippen LogP contribution in [-0.4, -0.2) is 24.5 Å². The molecule has 0 atom stereocenters. The second-order valence-electron chi connectivity index (χ2n) is 5.39. The average molecular weight is 293 g/mol. The zero-order valence-corrected chi connectivity index (χ0v) is 12.9. The number of nitrogens with two attached hydrogens (primary N) is 1. The molecule has 0 unspecified atom stereocenters. The number of benzene rings is 1. The Bertz CT molecular complexity index is 731. The lowest BCUT2D eigenvalue weighted by molar-refractivity contribution is 0.553. The van der Waals surface area contributed by atoms with Gasteiger partial charge in [-0.05, 0) is 32.9 Å². The third-order valence-corrected chi connectivity index (χ3v) is 5.71. The summed E-state index contributed by atoms with van der Waals surface area (Å²) in [7, 11) is -3.29. The van der Waals surface area contributed by atoms with Crippen LogP contribution in [0.1, 0.15) is 25.1 Å². The Morgan fingerprint density at radius 2 is 1.75 bits per heavy atom. The Labute approximate surface area is 119 Å². The largest absolute Gasteiger partial charge is 0.383 e. The lowest BCUT2D eigenvalue weighted by Gasteiger charge is -2.20. The third kappa shape index (κ3) is 2.20. The summed E-state index contributed by atoms with van der Waals surface area (Å²) in [5.74, 6) is 0.461. The molecule has 0 aliphatic rings. The molecule has 1 aromatic heterocycles. The first-order chi connectivity index (χ1) is 9.16. The van der Waals surface area contributed by atoms with Gasteiger partial charge in [0.2, 0.25) is 0 Å². The quantitative estimate of drug-likeness (QED) is 0.939. The van der Waals surface area contributed by atoms with Crippen molar-refractivity contribution in [3.63, 3.8) is 0 Å². The number of hydrogen-bond donors (Lipinski definition) is 1. The minimum Gasteiger partial charge on any atom is -0.383 e. The Kier molecular flexibility index (Phi) is 3.37. The van der Waals surface area contributed by atoms with Gasteiger partial charge in [0.25, 0.3) is 0 Å². The number of anilines is 1. The first kappa shape index (κ1) is 14.6. The fourth-order valence-corrected chi connectivity index (χ4v) is 2.57. The van der Waals surface area contributed by atoms with E-state index in [1.807, 2.05) is 30.3 Å². The zero-order chi connectivity index (χ0) is 15.1. The van der Waals surface area contributed by atoms with Crippen molar-refractivity contribution in [3.05, 3.63) is 41.6 Å². The molecule has 0 saturated heterocycles. The molecule has 0 fully saturated rings. The van der Waals surface area contributed by atoms with Crippen molar-refractivity contribution < 1.29 is 8.42 Å². The number of nitrogen functional groups attached to an aromatic ring is 1. The molecule has 6 heteroatoms. The number of nitrogens with zero attached hydrogens (tertiary/aromatic N) is 2. The van der Waals surface area contributed by atoms with Crippen molar-refractivity contribution in [2.45, 2.75) is 25.5 Å². The van der Waals surface area contributed by atoms with Crippen molar-refractivity contribution in [1.29, 1.82) is 0 Å². The molecule has 1 heterocycles. The van der Waals surface area contributed by atoms with E-state index >= 15 is 0 Å². The van der Waals surface area contributed by atoms with Crippen LogP contribution in [0.15, 0.2) is 30.3 Å². The third-order valence-electron chi connectivity index (χ3n) is 3.67. The molecular weight excluding hydrogens is 274 g/mol. The monoisotopic (exact) mass is 293 g/mol. The van der Waals surface area contributed by atoms with Gasteiger partial charge in [-0.15, -0.1) is 0 Å². The van der Waals surface area contributed by atoms with Gasteiger partial charge in [-0.3, -0.25) is 0 Å². The van der Waals surface area contributed by atoms with Gasteiger partial charge in [-0.1, -0.05) is 18.2 Å². The Hall–Kier alpha value is -1.82. The number of rotatable bonds is 3. The lowest BCUT2D eigenvalue weighted by atomic mass is 10.1. The van der Waals surface area contributed by atoms with Crippen molar-refractivity contribution in [1.82, 2.24) is 9.78 Å². The summed E-state index contributed by atoms with van der Waals surface area (Å²) in [6, 6.07) is 9.41. The van der Waals surface area contributed by atoms with Crippen LogP contribution in [0.25, 0.3) is 5.69 Å². The molecule has 0 aliphatic carbocycles. The van der Waals surface area contributed by atoms with Crippen LogP contribution >= 0.6 is 0 Å². The van der Waals surface area contributed by atoms with Crippen molar-refractivity contribution in [2.24, 2.45) is 0 Å². The average Bonchev–Trinajstić information content (AvgIpc) is 2.67. The van der Waals surface area contributed by atoms with Gasteiger partial charge in [0.05, 0.1) is 11.4 Å². The Morgan fingerprint density at radius 3 is 2.25 bits per heavy atom. The molecule has 0 bridgehead atoms. The SMILES string of the molecule is Cc1c(C(C)(C)S(C)(=O)=O)nn(-c2ccccc2)c1N. The second kappa shape index (κ2) is 4.63. The van der Waals surface area contributed by atoms with Crippen molar-refractivity contribution in [2.75, 3.05) is 12.0 Å². The maximum Gasteiger partial charge on any atom is 0.158 e. The summed E-state index contributed by atoms with van der Waals surface area (Å²) in [6.45, 7) is 5.09. The first-order valence-electron chi connectivity index (χ1n) is 6.27. The molecule has 2 N–H and O–H groups in total. The van der Waals surface area contributed by atoms with Crippen LogP contribution in [-0.2, 0) is 14.6 Å². The number of sulfone groups is 1. The molecule has 2 aromatic rings. The van der Waals surface area contributed by atoms with Crippen LogP contribution < -0.4 is 5.73 Å². The van der Waals surface area contributed by atoms with Gasteiger partial charge < -0.3 is 5.73 Å². The van der Waals surface area contributed by atoms with Gasteiger partial charge in [0.1, 0.15) is 10.6 Å². The topological polar surface area (TPSA) is 78.0 Å². The molecule has 5 nitrogen and oxygen atoms in total. The van der Waals surface area contributed by atoms with E-state index in [1.165, 1.54) is 6.26 Å². The summed E-state index contributed by atoms with van der Waals surface area (Å²) in [5, 5.41) is 4.43. The highest BCUT2D eigenvalue weighted by molar-refractivity contribution is 7.91. The van der Waals surface area contributed by atoms with E-state index < -0.39 is 14.6 Å². The van der Waals surface area contributed by atoms with Gasteiger partial charge in [0.15, 0.2) is 9.84 Å². The molecular formula is C14H19N3O2S. The molecule has 0 aliphatic heterocycles. The van der Waals surface area contributed by atoms with E-state index in [4.69, 9.17) is 5.73 Å². The van der Waals surface area contributed by atoms with E-state index in [-0.39, 0.29) is 0 Å². The van der Waals surface area contributed by atoms with Crippen LogP contribution in [0, 0.1) is 6.92 Å². The smallest absolute Gasteiger partial charge is 0.158 e. The van der Waals surface area contributed by atoms with E-state index in [9.17, 15) is 8.42 Å². The summed E-state index contributed by atoms with van der Waals surface area (Å²) < 4.78 is 24.4. The molecule has 0 amide bonds. The molecule has 1 aromatic carbocycles. The fraction of sp³-hybridized carbons (Fsp3) is 0.357. The Morgan fingerprint density at radius 1 is 1.20 bits per heavy atom. The summed E-state index contributed by atoms with van der Waals surface area (Å²) >= 11 is 0. The maximum absolute atomic E-state index is 12.0. The predicted molar refractivity (Wildman–Crippen MR) is 80.6 cm³/mol. The number of aromatic nitrogens is 2. The molecule has 2 rings (SSSR count). The zero-order valence-electron chi connectivity index (χ0n) is 12.1. The highest BCUT2D eigenvalue weighted by atomic mass is 32.2. The van der Waals surface area contributed by atoms with Gasteiger partial charge in [-0.2, -0.15) is 5.10 Å². The maximum atomic E-state index is 12.0. The van der Waals surface area contributed by atoms with E-state index in [2.05, 4.69) is 5.10 Å². The number of hydrogen-bond acceptors (Lipinski definition) is 4. The van der Waals surface area contributed by atoms with E-state index in [0.29, 0.717) is 17.1 Å². The van der Waals surface area contributed by atoms with E-state index in [1.54, 1.807) is 25.5 Å². The van der Waals surface area contributed by atoms with Crippen molar-refractivity contribution in [3.8, 4) is 5.69 Å². The molecule has 0 spiro atoms. The highest BCUT2D eigenvalue weighted by Gasteiger charge is 2.37.